The summed E-state index contributed by atoms with van der Waals surface area (Å²) < 4.78 is 4.79. The van der Waals surface area contributed by atoms with Crippen LogP contribution in [0.15, 0.2) is 11.6 Å². The van der Waals surface area contributed by atoms with Crippen LogP contribution in [0, 0.1) is 11.8 Å². The van der Waals surface area contributed by atoms with Crippen LogP contribution < -0.4 is 0 Å². The van der Waals surface area contributed by atoms with E-state index < -0.39 is 0 Å². The standard InChI is InChI=1S/C22H40O4/c1-7-11-12-18(8-2)13-17(5)15-22(10-4)16-19(9-3)20(25-26-22)14-21(23)24-6/h15,18-20H,7-14,16H2,1-6H3/b17-15+/t18?,19-,20-,22+/m1/s1. The zero-order valence-electron chi connectivity index (χ0n) is 17.8. The summed E-state index contributed by atoms with van der Waals surface area (Å²) in [6.07, 6.45) is 11.3. The van der Waals surface area contributed by atoms with Crippen LogP contribution in [0.3, 0.4) is 0 Å². The monoisotopic (exact) mass is 368 g/mol. The lowest BCUT2D eigenvalue weighted by molar-refractivity contribution is -0.409. The highest BCUT2D eigenvalue weighted by Gasteiger charge is 2.41. The number of unbranched alkanes of at least 4 members (excludes halogenated alkanes) is 1. The van der Waals surface area contributed by atoms with Gasteiger partial charge >= 0.3 is 5.97 Å². The van der Waals surface area contributed by atoms with Crippen molar-refractivity contribution >= 4 is 5.97 Å². The Kier molecular flexibility index (Phi) is 10.5. The van der Waals surface area contributed by atoms with Crippen LogP contribution in [0.25, 0.3) is 0 Å². The predicted octanol–water partition coefficient (Wildman–Crippen LogP) is 6.00. The van der Waals surface area contributed by atoms with Gasteiger partial charge in [0.2, 0.25) is 0 Å². The molecular formula is C22H40O4. The minimum atomic E-state index is -0.375. The first kappa shape index (κ1) is 23.2. The Morgan fingerprint density at radius 2 is 2.04 bits per heavy atom. The smallest absolute Gasteiger partial charge is 0.308 e. The van der Waals surface area contributed by atoms with Gasteiger partial charge in [0.1, 0.15) is 11.7 Å². The number of esters is 1. The SMILES string of the molecule is CCCCC(CC)C/C(C)=C/[C@@]1(CC)C[C@@H](CC)[C@@H](CC(=O)OC)OO1. The molecule has 0 saturated carbocycles. The number of ether oxygens (including phenoxy) is 1. The Morgan fingerprint density at radius 1 is 1.31 bits per heavy atom. The minimum Gasteiger partial charge on any atom is -0.469 e. The van der Waals surface area contributed by atoms with Crippen LogP contribution in [-0.2, 0) is 19.3 Å². The van der Waals surface area contributed by atoms with Crippen molar-refractivity contribution < 1.29 is 19.3 Å². The topological polar surface area (TPSA) is 44.8 Å². The van der Waals surface area contributed by atoms with Crippen LogP contribution in [0.5, 0.6) is 0 Å². The second kappa shape index (κ2) is 11.8. The van der Waals surface area contributed by atoms with Gasteiger partial charge in [0.25, 0.3) is 0 Å². The molecule has 0 N–H and O–H groups in total. The third-order valence-electron chi connectivity index (χ3n) is 5.85. The summed E-state index contributed by atoms with van der Waals surface area (Å²) in [7, 11) is 1.41. The summed E-state index contributed by atoms with van der Waals surface area (Å²) >= 11 is 0. The summed E-state index contributed by atoms with van der Waals surface area (Å²) in [5.74, 6) is 0.807. The van der Waals surface area contributed by atoms with E-state index in [1.54, 1.807) is 0 Å². The lowest BCUT2D eigenvalue weighted by Crippen LogP contribution is -2.44. The molecule has 4 atom stereocenters. The molecule has 1 fully saturated rings. The van der Waals surface area contributed by atoms with Gasteiger partial charge in [0, 0.05) is 0 Å². The molecule has 0 radical (unpaired) electrons. The highest BCUT2D eigenvalue weighted by atomic mass is 17.2. The maximum atomic E-state index is 11.6. The van der Waals surface area contributed by atoms with Gasteiger partial charge in [-0.25, -0.2) is 9.78 Å². The fourth-order valence-corrected chi connectivity index (χ4v) is 4.00. The fourth-order valence-electron chi connectivity index (χ4n) is 4.00. The van der Waals surface area contributed by atoms with E-state index in [4.69, 9.17) is 14.5 Å². The van der Waals surface area contributed by atoms with Gasteiger partial charge in [-0.1, -0.05) is 71.4 Å². The van der Waals surface area contributed by atoms with Crippen LogP contribution in [0.1, 0.15) is 92.4 Å². The van der Waals surface area contributed by atoms with E-state index in [9.17, 15) is 4.79 Å². The van der Waals surface area contributed by atoms with Gasteiger partial charge < -0.3 is 4.74 Å². The minimum absolute atomic E-state index is 0.214. The predicted molar refractivity (Wildman–Crippen MR) is 106 cm³/mol. The molecular weight excluding hydrogens is 328 g/mol. The van der Waals surface area contributed by atoms with Crippen LogP contribution in [0.4, 0.5) is 0 Å². The number of carbonyl (C=O) groups excluding carboxylic acids is 1. The van der Waals surface area contributed by atoms with Crippen molar-refractivity contribution in [2.24, 2.45) is 11.8 Å². The van der Waals surface area contributed by atoms with E-state index in [1.165, 1.54) is 38.4 Å². The third-order valence-corrected chi connectivity index (χ3v) is 5.85. The molecule has 0 aromatic rings. The quantitative estimate of drug-likeness (QED) is 0.255. The number of rotatable bonds is 11. The van der Waals surface area contributed by atoms with Crippen molar-refractivity contribution in [3.63, 3.8) is 0 Å². The molecule has 1 aliphatic heterocycles. The molecule has 0 bridgehead atoms. The van der Waals surface area contributed by atoms with Crippen LogP contribution >= 0.6 is 0 Å². The van der Waals surface area contributed by atoms with Crippen molar-refractivity contribution in [2.75, 3.05) is 7.11 Å². The van der Waals surface area contributed by atoms with E-state index >= 15 is 0 Å². The van der Waals surface area contributed by atoms with Crippen molar-refractivity contribution in [1.29, 1.82) is 0 Å². The number of hydrogen-bond acceptors (Lipinski definition) is 4. The van der Waals surface area contributed by atoms with E-state index in [2.05, 4.69) is 40.7 Å². The molecule has 0 spiro atoms. The van der Waals surface area contributed by atoms with Crippen LogP contribution in [0.2, 0.25) is 0 Å². The van der Waals surface area contributed by atoms with Gasteiger partial charge in [0.05, 0.1) is 13.5 Å². The maximum absolute atomic E-state index is 11.6. The Bertz CT molecular complexity index is 445. The van der Waals surface area contributed by atoms with E-state index in [0.29, 0.717) is 5.92 Å². The lowest BCUT2D eigenvalue weighted by Gasteiger charge is -2.41. The first-order chi connectivity index (χ1) is 12.4. The number of methoxy groups -OCH3 is 1. The molecule has 0 amide bonds. The van der Waals surface area contributed by atoms with Crippen LogP contribution in [-0.4, -0.2) is 24.8 Å². The molecule has 1 saturated heterocycles. The van der Waals surface area contributed by atoms with E-state index in [0.717, 1.165) is 31.6 Å². The Labute approximate surface area is 160 Å². The summed E-state index contributed by atoms with van der Waals surface area (Å²) in [4.78, 5) is 23.2. The van der Waals surface area contributed by atoms with Gasteiger partial charge in [-0.05, 0) is 38.0 Å². The maximum Gasteiger partial charge on any atom is 0.308 e. The second-order valence-corrected chi connectivity index (χ2v) is 7.90. The Morgan fingerprint density at radius 3 is 2.58 bits per heavy atom. The largest absolute Gasteiger partial charge is 0.469 e. The molecule has 1 rings (SSSR count). The molecule has 152 valence electrons. The Balaban J connectivity index is 2.79. The zero-order valence-corrected chi connectivity index (χ0v) is 17.8. The average Bonchev–Trinajstić information content (AvgIpc) is 2.66. The third kappa shape index (κ3) is 7.03. The molecule has 0 aromatic heterocycles. The van der Waals surface area contributed by atoms with Crippen molar-refractivity contribution in [2.45, 2.75) is 104 Å². The first-order valence-corrected chi connectivity index (χ1v) is 10.5. The summed E-state index contributed by atoms with van der Waals surface area (Å²) in [6.45, 7) is 11.1. The van der Waals surface area contributed by atoms with Crippen molar-refractivity contribution in [3.8, 4) is 0 Å². The van der Waals surface area contributed by atoms with E-state index in [1.807, 2.05) is 0 Å². The normalized spacial score (nSPS) is 28.0. The van der Waals surface area contributed by atoms with Crippen molar-refractivity contribution in [1.82, 2.24) is 0 Å². The van der Waals surface area contributed by atoms with Gasteiger partial charge in [-0.3, -0.25) is 4.79 Å². The summed E-state index contributed by atoms with van der Waals surface area (Å²) in [5, 5.41) is 0. The molecule has 0 aliphatic carbocycles. The highest BCUT2D eigenvalue weighted by Crippen LogP contribution is 2.39. The molecule has 1 unspecified atom stereocenters. The molecule has 0 aromatic carbocycles. The molecule has 26 heavy (non-hydrogen) atoms. The van der Waals surface area contributed by atoms with Gasteiger partial charge in [-0.15, -0.1) is 0 Å². The average molecular weight is 369 g/mol. The lowest BCUT2D eigenvalue weighted by atomic mass is 9.80. The summed E-state index contributed by atoms with van der Waals surface area (Å²) in [5.41, 5.74) is 1.01. The van der Waals surface area contributed by atoms with Crippen molar-refractivity contribution in [3.05, 3.63) is 11.6 Å². The zero-order chi connectivity index (χ0) is 19.6. The molecule has 4 nitrogen and oxygen atoms in total. The molecule has 1 heterocycles. The molecule has 1 aliphatic rings. The Hall–Kier alpha value is -0.870. The fraction of sp³-hybridized carbons (Fsp3) is 0.864. The number of hydrogen-bond donors (Lipinski definition) is 0. The highest BCUT2D eigenvalue weighted by molar-refractivity contribution is 5.69. The van der Waals surface area contributed by atoms with E-state index in [-0.39, 0.29) is 24.1 Å². The van der Waals surface area contributed by atoms with Gasteiger partial charge in [-0.2, -0.15) is 0 Å². The number of allylic oxidation sites excluding steroid dienone is 1. The number of carbonyl (C=O) groups is 1. The molecule has 4 heteroatoms. The van der Waals surface area contributed by atoms with Gasteiger partial charge in [0.15, 0.2) is 0 Å². The first-order valence-electron chi connectivity index (χ1n) is 10.5. The summed E-state index contributed by atoms with van der Waals surface area (Å²) in [6, 6.07) is 0. The second-order valence-electron chi connectivity index (χ2n) is 7.90.